The van der Waals surface area contributed by atoms with E-state index in [9.17, 15) is 0 Å². The average molecular weight is 414 g/mol. The predicted molar refractivity (Wildman–Crippen MR) is 126 cm³/mol. The molecule has 0 spiro atoms. The van der Waals surface area contributed by atoms with Crippen LogP contribution in [0.25, 0.3) is 10.8 Å². The molecule has 0 aliphatic heterocycles. The molecule has 0 aromatic heterocycles. The number of benzene rings is 4. The van der Waals surface area contributed by atoms with E-state index in [-0.39, 0.29) is 0 Å². The summed E-state index contributed by atoms with van der Waals surface area (Å²) >= 11 is 0. The van der Waals surface area contributed by atoms with Crippen LogP contribution in [0.3, 0.4) is 0 Å². The van der Waals surface area contributed by atoms with E-state index >= 15 is 0 Å². The third kappa shape index (κ3) is 5.10. The number of methoxy groups -OCH3 is 1. The van der Waals surface area contributed by atoms with E-state index in [2.05, 4.69) is 53.8 Å². The number of fused-ring (bicyclic) bond motifs is 1. The van der Waals surface area contributed by atoms with Crippen molar-refractivity contribution in [1.82, 2.24) is 0 Å². The zero-order valence-corrected chi connectivity index (χ0v) is 17.9. The van der Waals surface area contributed by atoms with Gasteiger partial charge in [0.15, 0.2) is 11.5 Å². The monoisotopic (exact) mass is 413 g/mol. The number of nitrogens with one attached hydrogen (secondary N) is 1. The van der Waals surface area contributed by atoms with Crippen molar-refractivity contribution in [2.45, 2.75) is 20.1 Å². The van der Waals surface area contributed by atoms with Crippen LogP contribution >= 0.6 is 0 Å². The smallest absolute Gasteiger partial charge is 0.161 e. The van der Waals surface area contributed by atoms with Gasteiger partial charge in [0.1, 0.15) is 12.4 Å². The summed E-state index contributed by atoms with van der Waals surface area (Å²) in [6.07, 6.45) is 0. The fourth-order valence-corrected chi connectivity index (χ4v) is 3.55. The molecule has 1 N–H and O–H groups in total. The maximum absolute atomic E-state index is 6.12. The number of hydrogen-bond acceptors (Lipinski definition) is 4. The zero-order chi connectivity index (χ0) is 21.5. The molecule has 0 amide bonds. The average Bonchev–Trinajstić information content (AvgIpc) is 2.82. The standard InChI is InChI=1S/C27H27NO3/c1-3-30-24-14-12-23(13-15-24)28-18-20-11-16-26(27(17-20)29-2)31-19-22-9-6-8-21-7-4-5-10-25(21)22/h4-17,28H,3,18-19H2,1-2H3. The lowest BCUT2D eigenvalue weighted by atomic mass is 10.1. The maximum atomic E-state index is 6.12. The summed E-state index contributed by atoms with van der Waals surface area (Å²) in [7, 11) is 1.67. The van der Waals surface area contributed by atoms with E-state index in [1.807, 2.05) is 43.3 Å². The van der Waals surface area contributed by atoms with Gasteiger partial charge in [0.2, 0.25) is 0 Å². The van der Waals surface area contributed by atoms with Gasteiger partial charge in [0.05, 0.1) is 13.7 Å². The lowest BCUT2D eigenvalue weighted by molar-refractivity contribution is 0.285. The molecule has 0 saturated heterocycles. The number of hydrogen-bond donors (Lipinski definition) is 1. The largest absolute Gasteiger partial charge is 0.494 e. The molecule has 0 aliphatic rings. The second kappa shape index (κ2) is 9.90. The molecular formula is C27H27NO3. The molecule has 0 aliphatic carbocycles. The number of ether oxygens (including phenoxy) is 3. The highest BCUT2D eigenvalue weighted by molar-refractivity contribution is 5.85. The highest BCUT2D eigenvalue weighted by atomic mass is 16.5. The SMILES string of the molecule is CCOc1ccc(NCc2ccc(OCc3cccc4ccccc34)c(OC)c2)cc1. The Morgan fingerprint density at radius 1 is 0.774 bits per heavy atom. The Balaban J connectivity index is 1.41. The van der Waals surface area contributed by atoms with Crippen LogP contribution in [0.4, 0.5) is 5.69 Å². The lowest BCUT2D eigenvalue weighted by Gasteiger charge is -2.14. The third-order valence-corrected chi connectivity index (χ3v) is 5.15. The van der Waals surface area contributed by atoms with Crippen LogP contribution < -0.4 is 19.5 Å². The highest BCUT2D eigenvalue weighted by Crippen LogP contribution is 2.30. The zero-order valence-electron chi connectivity index (χ0n) is 17.9. The molecule has 0 atom stereocenters. The minimum atomic E-state index is 0.488. The van der Waals surface area contributed by atoms with Crippen molar-refractivity contribution in [3.63, 3.8) is 0 Å². The van der Waals surface area contributed by atoms with Gasteiger partial charge in [-0.2, -0.15) is 0 Å². The van der Waals surface area contributed by atoms with Gasteiger partial charge in [-0.15, -0.1) is 0 Å². The van der Waals surface area contributed by atoms with Crippen LogP contribution in [0.15, 0.2) is 84.9 Å². The number of rotatable bonds is 9. The fraction of sp³-hybridized carbons (Fsp3) is 0.185. The Morgan fingerprint density at radius 3 is 2.39 bits per heavy atom. The van der Waals surface area contributed by atoms with E-state index in [0.29, 0.717) is 19.8 Å². The van der Waals surface area contributed by atoms with Crippen molar-refractivity contribution in [3.8, 4) is 17.2 Å². The summed E-state index contributed by atoms with van der Waals surface area (Å²) in [5.74, 6) is 2.34. The van der Waals surface area contributed by atoms with E-state index in [0.717, 1.165) is 34.1 Å². The van der Waals surface area contributed by atoms with Crippen molar-refractivity contribution in [1.29, 1.82) is 0 Å². The molecule has 0 fully saturated rings. The predicted octanol–water partition coefficient (Wildman–Crippen LogP) is 6.44. The van der Waals surface area contributed by atoms with Gasteiger partial charge in [0.25, 0.3) is 0 Å². The van der Waals surface area contributed by atoms with Crippen LogP contribution in [-0.2, 0) is 13.2 Å². The first-order chi connectivity index (χ1) is 15.3. The molecule has 4 rings (SSSR count). The first-order valence-electron chi connectivity index (χ1n) is 10.5. The minimum Gasteiger partial charge on any atom is -0.494 e. The topological polar surface area (TPSA) is 39.7 Å². The Bertz CT molecular complexity index is 1130. The molecule has 4 aromatic rings. The summed E-state index contributed by atoms with van der Waals surface area (Å²) in [6.45, 7) is 3.83. The Hall–Kier alpha value is -3.66. The molecule has 158 valence electrons. The van der Waals surface area contributed by atoms with Crippen molar-refractivity contribution < 1.29 is 14.2 Å². The van der Waals surface area contributed by atoms with E-state index in [1.165, 1.54) is 10.8 Å². The van der Waals surface area contributed by atoms with Gasteiger partial charge >= 0.3 is 0 Å². The quantitative estimate of drug-likeness (QED) is 0.343. The Morgan fingerprint density at radius 2 is 1.58 bits per heavy atom. The van der Waals surface area contributed by atoms with Crippen molar-refractivity contribution in [2.75, 3.05) is 19.0 Å². The third-order valence-electron chi connectivity index (χ3n) is 5.15. The molecule has 4 heteroatoms. The Kier molecular flexibility index (Phi) is 6.58. The van der Waals surface area contributed by atoms with Crippen LogP contribution in [0.5, 0.6) is 17.2 Å². The molecule has 4 aromatic carbocycles. The molecule has 31 heavy (non-hydrogen) atoms. The van der Waals surface area contributed by atoms with Gasteiger partial charge in [-0.1, -0.05) is 48.5 Å². The van der Waals surface area contributed by atoms with Gasteiger partial charge in [-0.05, 0) is 65.2 Å². The molecule has 0 radical (unpaired) electrons. The van der Waals surface area contributed by atoms with Crippen LogP contribution in [-0.4, -0.2) is 13.7 Å². The summed E-state index contributed by atoms with van der Waals surface area (Å²) in [6, 6.07) is 28.6. The minimum absolute atomic E-state index is 0.488. The van der Waals surface area contributed by atoms with E-state index in [4.69, 9.17) is 14.2 Å². The summed E-state index contributed by atoms with van der Waals surface area (Å²) in [5, 5.41) is 5.85. The van der Waals surface area contributed by atoms with Gasteiger partial charge in [-0.25, -0.2) is 0 Å². The van der Waals surface area contributed by atoms with Crippen LogP contribution in [0.2, 0.25) is 0 Å². The van der Waals surface area contributed by atoms with E-state index in [1.54, 1.807) is 7.11 Å². The van der Waals surface area contributed by atoms with Crippen molar-refractivity contribution in [3.05, 3.63) is 96.1 Å². The second-order valence-electron chi connectivity index (χ2n) is 7.22. The molecule has 4 nitrogen and oxygen atoms in total. The van der Waals surface area contributed by atoms with Gasteiger partial charge in [-0.3, -0.25) is 0 Å². The molecule has 0 unspecified atom stereocenters. The van der Waals surface area contributed by atoms with Crippen LogP contribution in [0, 0.1) is 0 Å². The van der Waals surface area contributed by atoms with Crippen molar-refractivity contribution in [2.24, 2.45) is 0 Å². The maximum Gasteiger partial charge on any atom is 0.161 e. The Labute approximate surface area is 183 Å². The van der Waals surface area contributed by atoms with E-state index < -0.39 is 0 Å². The lowest BCUT2D eigenvalue weighted by Crippen LogP contribution is -2.02. The first-order valence-corrected chi connectivity index (χ1v) is 10.5. The first kappa shape index (κ1) is 20.6. The van der Waals surface area contributed by atoms with Crippen molar-refractivity contribution >= 4 is 16.5 Å². The van der Waals surface area contributed by atoms with Gasteiger partial charge < -0.3 is 19.5 Å². The van der Waals surface area contributed by atoms with Crippen LogP contribution in [0.1, 0.15) is 18.1 Å². The highest BCUT2D eigenvalue weighted by Gasteiger charge is 2.08. The fourth-order valence-electron chi connectivity index (χ4n) is 3.55. The normalized spacial score (nSPS) is 10.6. The summed E-state index contributed by atoms with van der Waals surface area (Å²) in [5.41, 5.74) is 3.31. The molecule has 0 saturated carbocycles. The van der Waals surface area contributed by atoms with Gasteiger partial charge in [0, 0.05) is 12.2 Å². The molecule has 0 bridgehead atoms. The summed E-state index contributed by atoms with van der Waals surface area (Å²) < 4.78 is 17.2. The second-order valence-corrected chi connectivity index (χ2v) is 7.22. The summed E-state index contributed by atoms with van der Waals surface area (Å²) in [4.78, 5) is 0. The number of anilines is 1. The molecule has 0 heterocycles. The molecular weight excluding hydrogens is 386 g/mol.